The average Bonchev–Trinajstić information content (AvgIpc) is 3.49. The summed E-state index contributed by atoms with van der Waals surface area (Å²) in [5.41, 5.74) is 2.27. The molecule has 0 saturated heterocycles. The third-order valence-corrected chi connectivity index (χ3v) is 6.48. The molecule has 1 atom stereocenters. The molecular weight excluding hydrogens is 446 g/mol. The highest BCUT2D eigenvalue weighted by molar-refractivity contribution is 7.98. The van der Waals surface area contributed by atoms with Gasteiger partial charge < -0.3 is 9.26 Å². The van der Waals surface area contributed by atoms with Crippen LogP contribution in [-0.4, -0.2) is 24.9 Å². The first-order valence-corrected chi connectivity index (χ1v) is 12.5. The quantitative estimate of drug-likeness (QED) is 0.273. The highest BCUT2D eigenvalue weighted by Crippen LogP contribution is 2.29. The Morgan fingerprint density at radius 3 is 2.41 bits per heavy atom. The van der Waals surface area contributed by atoms with Gasteiger partial charge in [-0.05, 0) is 36.6 Å². The molecule has 4 aromatic rings. The SMILES string of the molecule is CCc1ccc(OCc2nnc(SCc3noc(C(C)(C)C)n3)n2C(C)c2ccccc2)cc1. The molecule has 2 aromatic heterocycles. The van der Waals surface area contributed by atoms with Crippen LogP contribution in [0.2, 0.25) is 0 Å². The normalized spacial score (nSPS) is 12.6. The van der Waals surface area contributed by atoms with Crippen molar-refractivity contribution in [2.45, 2.75) is 70.0 Å². The van der Waals surface area contributed by atoms with Gasteiger partial charge in [0, 0.05) is 5.41 Å². The molecule has 8 heteroatoms. The van der Waals surface area contributed by atoms with Crippen LogP contribution in [0.25, 0.3) is 0 Å². The van der Waals surface area contributed by atoms with Gasteiger partial charge in [-0.25, -0.2) is 0 Å². The summed E-state index contributed by atoms with van der Waals surface area (Å²) in [6, 6.07) is 18.5. The molecule has 0 amide bonds. The monoisotopic (exact) mass is 477 g/mol. The van der Waals surface area contributed by atoms with Crippen molar-refractivity contribution < 1.29 is 9.26 Å². The minimum Gasteiger partial charge on any atom is -0.486 e. The number of hydrogen-bond donors (Lipinski definition) is 0. The highest BCUT2D eigenvalue weighted by Gasteiger charge is 2.23. The maximum absolute atomic E-state index is 6.06. The topological polar surface area (TPSA) is 78.9 Å². The maximum Gasteiger partial charge on any atom is 0.232 e. The Hall–Kier alpha value is -3.13. The summed E-state index contributed by atoms with van der Waals surface area (Å²) >= 11 is 1.54. The number of thioether (sulfide) groups is 1. The lowest BCUT2D eigenvalue weighted by atomic mass is 9.97. The van der Waals surface area contributed by atoms with Gasteiger partial charge in [0.05, 0.1) is 11.8 Å². The van der Waals surface area contributed by atoms with E-state index in [0.717, 1.165) is 23.2 Å². The second-order valence-corrected chi connectivity index (χ2v) is 10.1. The molecule has 0 aliphatic carbocycles. The Morgan fingerprint density at radius 2 is 1.76 bits per heavy atom. The van der Waals surface area contributed by atoms with Crippen molar-refractivity contribution in [1.82, 2.24) is 24.9 Å². The molecule has 0 spiro atoms. The first-order chi connectivity index (χ1) is 16.3. The van der Waals surface area contributed by atoms with Crippen LogP contribution in [0.4, 0.5) is 0 Å². The van der Waals surface area contributed by atoms with Gasteiger partial charge in [-0.2, -0.15) is 4.98 Å². The lowest BCUT2D eigenvalue weighted by molar-refractivity contribution is 0.285. The van der Waals surface area contributed by atoms with E-state index in [1.54, 1.807) is 11.8 Å². The zero-order valence-electron chi connectivity index (χ0n) is 20.4. The first-order valence-electron chi connectivity index (χ1n) is 11.5. The molecule has 4 rings (SSSR count). The van der Waals surface area contributed by atoms with Crippen molar-refractivity contribution >= 4 is 11.8 Å². The Morgan fingerprint density at radius 1 is 1.03 bits per heavy atom. The lowest BCUT2D eigenvalue weighted by Gasteiger charge is -2.18. The van der Waals surface area contributed by atoms with E-state index in [2.05, 4.69) is 83.8 Å². The molecule has 0 bridgehead atoms. The van der Waals surface area contributed by atoms with Crippen molar-refractivity contribution in [3.63, 3.8) is 0 Å². The van der Waals surface area contributed by atoms with Gasteiger partial charge in [-0.1, -0.05) is 87.1 Å². The Balaban J connectivity index is 1.55. The van der Waals surface area contributed by atoms with Gasteiger partial charge in [-0.3, -0.25) is 4.57 Å². The van der Waals surface area contributed by atoms with Crippen molar-refractivity contribution in [2.24, 2.45) is 0 Å². The molecule has 2 aromatic carbocycles. The van der Waals surface area contributed by atoms with Crippen LogP contribution >= 0.6 is 11.8 Å². The molecule has 0 N–H and O–H groups in total. The summed E-state index contributed by atoms with van der Waals surface area (Å²) in [7, 11) is 0. The minimum absolute atomic E-state index is 0.0372. The first kappa shape index (κ1) is 24.0. The van der Waals surface area contributed by atoms with E-state index in [1.807, 2.05) is 30.3 Å². The van der Waals surface area contributed by atoms with Crippen molar-refractivity contribution in [3.8, 4) is 5.75 Å². The minimum atomic E-state index is -0.183. The summed E-state index contributed by atoms with van der Waals surface area (Å²) in [5.74, 6) is 3.39. The van der Waals surface area contributed by atoms with Gasteiger partial charge in [-0.15, -0.1) is 10.2 Å². The van der Waals surface area contributed by atoms with Crippen LogP contribution in [0.5, 0.6) is 5.75 Å². The fourth-order valence-electron chi connectivity index (χ4n) is 3.49. The van der Waals surface area contributed by atoms with Gasteiger partial charge in [0.15, 0.2) is 16.8 Å². The molecule has 178 valence electrons. The summed E-state index contributed by atoms with van der Waals surface area (Å²) in [4.78, 5) is 4.55. The summed E-state index contributed by atoms with van der Waals surface area (Å²) in [6.07, 6.45) is 1.00. The average molecular weight is 478 g/mol. The van der Waals surface area contributed by atoms with Crippen molar-refractivity contribution in [3.05, 3.63) is 83.3 Å². The van der Waals surface area contributed by atoms with Gasteiger partial charge >= 0.3 is 0 Å². The number of hydrogen-bond acceptors (Lipinski definition) is 7. The van der Waals surface area contributed by atoms with Gasteiger partial charge in [0.2, 0.25) is 5.89 Å². The third kappa shape index (κ3) is 5.67. The zero-order valence-corrected chi connectivity index (χ0v) is 21.2. The van der Waals surface area contributed by atoms with E-state index >= 15 is 0 Å². The predicted molar refractivity (Wildman–Crippen MR) is 133 cm³/mol. The standard InChI is InChI=1S/C26H31N5O2S/c1-6-19-12-14-21(15-13-19)32-16-23-28-29-25(31(23)18(2)20-10-8-7-9-11-20)34-17-22-27-24(33-30-22)26(3,4)5/h7-15,18H,6,16-17H2,1-5H3. The van der Waals surface area contributed by atoms with Crippen LogP contribution in [-0.2, 0) is 24.2 Å². The van der Waals surface area contributed by atoms with E-state index in [1.165, 1.54) is 11.1 Å². The molecule has 1 unspecified atom stereocenters. The van der Waals surface area contributed by atoms with Crippen molar-refractivity contribution in [1.29, 1.82) is 0 Å². The number of rotatable bonds is 9. The summed E-state index contributed by atoms with van der Waals surface area (Å²) < 4.78 is 13.6. The van der Waals surface area contributed by atoms with E-state index in [9.17, 15) is 0 Å². The second kappa shape index (κ2) is 10.4. The number of benzene rings is 2. The number of nitrogens with zero attached hydrogens (tertiary/aromatic N) is 5. The van der Waals surface area contributed by atoms with Gasteiger partial charge in [0.25, 0.3) is 0 Å². The molecule has 0 radical (unpaired) electrons. The summed E-state index contributed by atoms with van der Waals surface area (Å²) in [6.45, 7) is 10.8. The molecule has 0 aliphatic heterocycles. The third-order valence-electron chi connectivity index (χ3n) is 5.54. The summed E-state index contributed by atoms with van der Waals surface area (Å²) in [5, 5.41) is 13.9. The maximum atomic E-state index is 6.06. The number of ether oxygens (including phenoxy) is 1. The molecule has 0 fully saturated rings. The second-order valence-electron chi connectivity index (χ2n) is 9.20. The van der Waals surface area contributed by atoms with E-state index < -0.39 is 0 Å². The number of aryl methyl sites for hydroxylation is 1. The number of aromatic nitrogens is 5. The predicted octanol–water partition coefficient (Wildman–Crippen LogP) is 6.00. The molecular formula is C26H31N5O2S. The van der Waals surface area contributed by atoms with E-state index in [0.29, 0.717) is 24.1 Å². The van der Waals surface area contributed by atoms with Crippen LogP contribution in [0.1, 0.15) is 69.3 Å². The van der Waals surface area contributed by atoms with E-state index in [-0.39, 0.29) is 11.5 Å². The van der Waals surface area contributed by atoms with Crippen molar-refractivity contribution in [2.75, 3.05) is 0 Å². The van der Waals surface area contributed by atoms with Crippen LogP contribution in [0, 0.1) is 0 Å². The van der Waals surface area contributed by atoms with E-state index in [4.69, 9.17) is 9.26 Å². The zero-order chi connectivity index (χ0) is 24.1. The molecule has 2 heterocycles. The Kier molecular flexibility index (Phi) is 7.36. The van der Waals surface area contributed by atoms with Crippen LogP contribution in [0.3, 0.4) is 0 Å². The molecule has 0 saturated carbocycles. The smallest absolute Gasteiger partial charge is 0.232 e. The highest BCUT2D eigenvalue weighted by atomic mass is 32.2. The van der Waals surface area contributed by atoms with Gasteiger partial charge in [0.1, 0.15) is 12.4 Å². The largest absolute Gasteiger partial charge is 0.486 e. The van der Waals surface area contributed by atoms with Crippen LogP contribution in [0.15, 0.2) is 64.3 Å². The Labute approximate surface area is 205 Å². The molecule has 34 heavy (non-hydrogen) atoms. The fourth-order valence-corrected chi connectivity index (χ4v) is 4.37. The molecule has 0 aliphatic rings. The fraction of sp³-hybridized carbons (Fsp3) is 0.385. The Bertz CT molecular complexity index is 1200. The lowest BCUT2D eigenvalue weighted by Crippen LogP contribution is -2.14. The molecule has 7 nitrogen and oxygen atoms in total. The van der Waals surface area contributed by atoms with Crippen LogP contribution < -0.4 is 4.74 Å².